The minimum Gasteiger partial charge on any atom is -0.353 e. The molecule has 3 aromatic rings. The zero-order valence-electron chi connectivity index (χ0n) is 16.3. The van der Waals surface area contributed by atoms with Crippen molar-refractivity contribution in [3.8, 4) is 0 Å². The van der Waals surface area contributed by atoms with Crippen molar-refractivity contribution < 1.29 is 13.6 Å². The fourth-order valence-corrected chi connectivity index (χ4v) is 3.60. The molecule has 0 aliphatic carbocycles. The van der Waals surface area contributed by atoms with Crippen molar-refractivity contribution >= 4 is 11.7 Å². The number of carbonyl (C=O) groups excluding carboxylic acids is 1. The van der Waals surface area contributed by atoms with Gasteiger partial charge in [0, 0.05) is 50.0 Å². The number of anilines is 1. The maximum Gasteiger partial charge on any atom is 0.251 e. The normalized spacial score (nSPS) is 16.3. The lowest BCUT2D eigenvalue weighted by atomic mass is 10.0. The molecule has 1 fully saturated rings. The molecule has 2 N–H and O–H groups in total. The van der Waals surface area contributed by atoms with E-state index in [9.17, 15) is 13.6 Å². The lowest BCUT2D eigenvalue weighted by Crippen LogP contribution is -2.46. The number of rotatable bonds is 5. The van der Waals surface area contributed by atoms with Gasteiger partial charge in [0.25, 0.3) is 5.91 Å². The Hall–Kier alpha value is -3.32. The van der Waals surface area contributed by atoms with Gasteiger partial charge in [-0.3, -0.25) is 4.79 Å². The van der Waals surface area contributed by atoms with Crippen LogP contribution in [0.2, 0.25) is 0 Å². The van der Waals surface area contributed by atoms with E-state index in [1.54, 1.807) is 18.3 Å². The van der Waals surface area contributed by atoms with Crippen LogP contribution in [0.3, 0.4) is 0 Å². The van der Waals surface area contributed by atoms with Gasteiger partial charge in [-0.05, 0) is 35.4 Å². The summed E-state index contributed by atoms with van der Waals surface area (Å²) in [5.74, 6) is -0.936. The molecule has 154 valence electrons. The highest BCUT2D eigenvalue weighted by molar-refractivity contribution is 5.94. The molecule has 5 nitrogen and oxygen atoms in total. The second kappa shape index (κ2) is 9.00. The van der Waals surface area contributed by atoms with E-state index in [0.29, 0.717) is 11.1 Å². The standard InChI is InChI=1S/C23H22F2N4O/c24-19-10-16(11-20(25)13-19)14-28-23(30)18-6-7-27-22(12-18)29-9-8-26-21(15-29)17-4-2-1-3-5-17/h1-7,10-13,21,26H,8-9,14-15H2,(H,28,30)/t21-/m0/s1. The smallest absolute Gasteiger partial charge is 0.251 e. The highest BCUT2D eigenvalue weighted by atomic mass is 19.1. The third-order valence-corrected chi connectivity index (χ3v) is 5.08. The molecule has 30 heavy (non-hydrogen) atoms. The van der Waals surface area contributed by atoms with Gasteiger partial charge in [0.2, 0.25) is 0 Å². The topological polar surface area (TPSA) is 57.3 Å². The molecule has 1 aliphatic heterocycles. The molecule has 0 spiro atoms. The highest BCUT2D eigenvalue weighted by Crippen LogP contribution is 2.21. The first kappa shape index (κ1) is 20.0. The van der Waals surface area contributed by atoms with Crippen LogP contribution in [0.15, 0.2) is 66.9 Å². The molecule has 7 heteroatoms. The quantitative estimate of drug-likeness (QED) is 0.679. The molecule has 2 aromatic carbocycles. The van der Waals surface area contributed by atoms with Crippen LogP contribution in [0.5, 0.6) is 0 Å². The minimum absolute atomic E-state index is 0.0366. The fourth-order valence-electron chi connectivity index (χ4n) is 3.60. The molecular formula is C23H22F2N4O. The van der Waals surface area contributed by atoms with Crippen molar-refractivity contribution in [1.82, 2.24) is 15.6 Å². The molecule has 0 saturated carbocycles. The number of hydrogen-bond acceptors (Lipinski definition) is 4. The van der Waals surface area contributed by atoms with E-state index in [0.717, 1.165) is 31.5 Å². The zero-order valence-corrected chi connectivity index (χ0v) is 16.3. The van der Waals surface area contributed by atoms with Gasteiger partial charge in [0.05, 0.1) is 0 Å². The predicted molar refractivity (Wildman–Crippen MR) is 111 cm³/mol. The molecule has 1 amide bonds. The van der Waals surface area contributed by atoms with Gasteiger partial charge >= 0.3 is 0 Å². The number of carbonyl (C=O) groups is 1. The summed E-state index contributed by atoms with van der Waals surface area (Å²) in [6, 6.07) is 17.0. The number of nitrogens with zero attached hydrogens (tertiary/aromatic N) is 2. The lowest BCUT2D eigenvalue weighted by Gasteiger charge is -2.34. The molecule has 2 heterocycles. The van der Waals surface area contributed by atoms with Crippen molar-refractivity contribution in [3.63, 3.8) is 0 Å². The van der Waals surface area contributed by atoms with Crippen LogP contribution in [0.1, 0.15) is 27.5 Å². The molecular weight excluding hydrogens is 386 g/mol. The maximum atomic E-state index is 13.3. The van der Waals surface area contributed by atoms with Crippen LogP contribution in [0.4, 0.5) is 14.6 Å². The Morgan fingerprint density at radius 2 is 1.87 bits per heavy atom. The van der Waals surface area contributed by atoms with E-state index in [1.165, 1.54) is 17.7 Å². The molecule has 0 unspecified atom stereocenters. The summed E-state index contributed by atoms with van der Waals surface area (Å²) >= 11 is 0. The maximum absolute atomic E-state index is 13.3. The van der Waals surface area contributed by atoms with Crippen molar-refractivity contribution in [2.45, 2.75) is 12.6 Å². The van der Waals surface area contributed by atoms with E-state index < -0.39 is 11.6 Å². The molecule has 1 atom stereocenters. The molecule has 1 aliphatic rings. The van der Waals surface area contributed by atoms with E-state index in [-0.39, 0.29) is 18.5 Å². The Morgan fingerprint density at radius 1 is 1.10 bits per heavy atom. The third kappa shape index (κ3) is 4.80. The average molecular weight is 408 g/mol. The molecule has 4 rings (SSSR count). The van der Waals surface area contributed by atoms with Crippen LogP contribution < -0.4 is 15.5 Å². The first-order valence-electron chi connectivity index (χ1n) is 9.81. The Bertz CT molecular complexity index is 1010. The summed E-state index contributed by atoms with van der Waals surface area (Å²) < 4.78 is 26.6. The number of halogens is 2. The van der Waals surface area contributed by atoms with Crippen molar-refractivity contribution in [3.05, 3.63) is 95.2 Å². The van der Waals surface area contributed by atoms with E-state index in [4.69, 9.17) is 0 Å². The highest BCUT2D eigenvalue weighted by Gasteiger charge is 2.22. The Balaban J connectivity index is 1.43. The van der Waals surface area contributed by atoms with Gasteiger partial charge < -0.3 is 15.5 Å². The van der Waals surface area contributed by atoms with Crippen molar-refractivity contribution in [2.24, 2.45) is 0 Å². The molecule has 0 radical (unpaired) electrons. The summed E-state index contributed by atoms with van der Waals surface area (Å²) in [6.07, 6.45) is 1.60. The summed E-state index contributed by atoms with van der Waals surface area (Å²) in [6.45, 7) is 2.37. The number of piperazine rings is 1. The van der Waals surface area contributed by atoms with Gasteiger partial charge in [-0.25, -0.2) is 13.8 Å². The molecule has 0 bridgehead atoms. The van der Waals surface area contributed by atoms with Gasteiger partial charge in [-0.15, -0.1) is 0 Å². The predicted octanol–water partition coefficient (Wildman–Crippen LogP) is 3.44. The molecule has 1 aromatic heterocycles. The first-order valence-corrected chi connectivity index (χ1v) is 9.81. The van der Waals surface area contributed by atoms with Gasteiger partial charge in [-0.1, -0.05) is 30.3 Å². The number of nitrogens with one attached hydrogen (secondary N) is 2. The summed E-state index contributed by atoms with van der Waals surface area (Å²) in [5.41, 5.74) is 2.02. The van der Waals surface area contributed by atoms with Gasteiger partial charge in [0.15, 0.2) is 0 Å². The monoisotopic (exact) mass is 408 g/mol. The molecule has 1 saturated heterocycles. The van der Waals surface area contributed by atoms with Crippen LogP contribution in [0.25, 0.3) is 0 Å². The van der Waals surface area contributed by atoms with Crippen LogP contribution in [-0.4, -0.2) is 30.5 Å². The average Bonchev–Trinajstić information content (AvgIpc) is 2.78. The largest absolute Gasteiger partial charge is 0.353 e. The van der Waals surface area contributed by atoms with Crippen LogP contribution in [-0.2, 0) is 6.54 Å². The third-order valence-electron chi connectivity index (χ3n) is 5.08. The fraction of sp³-hybridized carbons (Fsp3) is 0.217. The van der Waals surface area contributed by atoms with Crippen LogP contribution >= 0.6 is 0 Å². The van der Waals surface area contributed by atoms with Crippen molar-refractivity contribution in [2.75, 3.05) is 24.5 Å². The lowest BCUT2D eigenvalue weighted by molar-refractivity contribution is 0.0950. The summed E-state index contributed by atoms with van der Waals surface area (Å²) in [5, 5.41) is 6.21. The Morgan fingerprint density at radius 3 is 2.63 bits per heavy atom. The first-order chi connectivity index (χ1) is 14.6. The van der Waals surface area contributed by atoms with E-state index >= 15 is 0 Å². The number of hydrogen-bond donors (Lipinski definition) is 2. The van der Waals surface area contributed by atoms with E-state index in [2.05, 4.69) is 32.7 Å². The SMILES string of the molecule is O=C(NCc1cc(F)cc(F)c1)c1ccnc(N2CCN[C@H](c3ccccc3)C2)c1. The van der Waals surface area contributed by atoms with Crippen molar-refractivity contribution in [1.29, 1.82) is 0 Å². The minimum atomic E-state index is -0.669. The second-order valence-corrected chi connectivity index (χ2v) is 7.23. The summed E-state index contributed by atoms with van der Waals surface area (Å²) in [4.78, 5) is 19.1. The van der Waals surface area contributed by atoms with Gasteiger partial charge in [-0.2, -0.15) is 0 Å². The summed E-state index contributed by atoms with van der Waals surface area (Å²) in [7, 11) is 0. The van der Waals surface area contributed by atoms with Crippen LogP contribution in [0, 0.1) is 11.6 Å². The van der Waals surface area contributed by atoms with Gasteiger partial charge in [0.1, 0.15) is 17.5 Å². The second-order valence-electron chi connectivity index (χ2n) is 7.23. The Kier molecular flexibility index (Phi) is 5.99. The number of benzene rings is 2. The zero-order chi connectivity index (χ0) is 20.9. The van der Waals surface area contributed by atoms with E-state index in [1.807, 2.05) is 18.2 Å². The Labute approximate surface area is 173 Å². The number of aromatic nitrogens is 1. The number of pyridine rings is 1. The number of amides is 1.